The zero-order valence-electron chi connectivity index (χ0n) is 11.0. The highest BCUT2D eigenvalue weighted by molar-refractivity contribution is 5.78. The van der Waals surface area contributed by atoms with Crippen molar-refractivity contribution in [3.05, 3.63) is 29.8 Å². The van der Waals surface area contributed by atoms with E-state index < -0.39 is 11.6 Å². The van der Waals surface area contributed by atoms with Gasteiger partial charge in [0.25, 0.3) is 0 Å². The minimum Gasteiger partial charge on any atom is -0.489 e. The van der Waals surface area contributed by atoms with Gasteiger partial charge in [0.15, 0.2) is 11.6 Å². The van der Waals surface area contributed by atoms with Crippen molar-refractivity contribution in [2.24, 2.45) is 5.73 Å². The molecule has 0 bridgehead atoms. The maximum Gasteiger partial charge on any atom is 0.236 e. The van der Waals surface area contributed by atoms with Crippen LogP contribution in [0.15, 0.2) is 18.2 Å². The number of carbonyl (C=O) groups excluding carboxylic acids is 1. The lowest BCUT2D eigenvalue weighted by Crippen LogP contribution is -2.43. The van der Waals surface area contributed by atoms with E-state index in [2.05, 4.69) is 0 Å². The molecule has 1 aromatic rings. The van der Waals surface area contributed by atoms with Gasteiger partial charge in [-0.05, 0) is 26.0 Å². The number of halogens is 2. The van der Waals surface area contributed by atoms with Gasteiger partial charge in [-0.25, -0.2) is 8.78 Å². The molecule has 0 radical (unpaired) electrons. The van der Waals surface area contributed by atoms with Gasteiger partial charge in [0.05, 0.1) is 13.1 Å². The van der Waals surface area contributed by atoms with Gasteiger partial charge in [0.1, 0.15) is 12.4 Å². The van der Waals surface area contributed by atoms with E-state index in [9.17, 15) is 13.6 Å². The predicted molar refractivity (Wildman–Crippen MR) is 67.8 cm³/mol. The van der Waals surface area contributed by atoms with Crippen LogP contribution in [0.3, 0.4) is 0 Å². The van der Waals surface area contributed by atoms with Crippen LogP contribution < -0.4 is 10.5 Å². The van der Waals surface area contributed by atoms with E-state index in [0.717, 1.165) is 12.1 Å². The second-order valence-electron chi connectivity index (χ2n) is 4.31. The Hall–Kier alpha value is -1.69. The molecule has 0 spiro atoms. The molecule has 106 valence electrons. The summed E-state index contributed by atoms with van der Waals surface area (Å²) in [6, 6.07) is 3.07. The van der Waals surface area contributed by atoms with Crippen LogP contribution in [-0.2, 0) is 4.79 Å². The van der Waals surface area contributed by atoms with Crippen molar-refractivity contribution in [1.29, 1.82) is 0 Å². The second kappa shape index (κ2) is 7.04. The number of hydrogen-bond donors (Lipinski definition) is 1. The summed E-state index contributed by atoms with van der Waals surface area (Å²) in [6.45, 7) is 4.04. The molecule has 0 saturated carbocycles. The van der Waals surface area contributed by atoms with Gasteiger partial charge in [0.2, 0.25) is 5.91 Å². The quantitative estimate of drug-likeness (QED) is 0.854. The summed E-state index contributed by atoms with van der Waals surface area (Å²) in [4.78, 5) is 13.1. The van der Waals surface area contributed by atoms with E-state index >= 15 is 0 Å². The van der Waals surface area contributed by atoms with Gasteiger partial charge < -0.3 is 15.4 Å². The number of hydrogen-bond acceptors (Lipinski definition) is 3. The highest BCUT2D eigenvalue weighted by Gasteiger charge is 2.15. The number of rotatable bonds is 6. The molecule has 0 aliphatic carbocycles. The summed E-state index contributed by atoms with van der Waals surface area (Å²) in [5.74, 6) is -1.66. The smallest absolute Gasteiger partial charge is 0.236 e. The van der Waals surface area contributed by atoms with Gasteiger partial charge in [-0.15, -0.1) is 0 Å². The summed E-state index contributed by atoms with van der Waals surface area (Å²) >= 11 is 0. The van der Waals surface area contributed by atoms with Crippen LogP contribution in [-0.4, -0.2) is 36.5 Å². The lowest BCUT2D eigenvalue weighted by atomic mass is 10.3. The van der Waals surface area contributed by atoms with Crippen molar-refractivity contribution < 1.29 is 18.3 Å². The summed E-state index contributed by atoms with van der Waals surface area (Å²) in [5.41, 5.74) is 5.30. The fraction of sp³-hybridized carbons (Fsp3) is 0.462. The molecule has 0 unspecified atom stereocenters. The van der Waals surface area contributed by atoms with Crippen molar-refractivity contribution in [3.8, 4) is 5.75 Å². The zero-order valence-corrected chi connectivity index (χ0v) is 11.0. The molecular weight excluding hydrogens is 254 g/mol. The van der Waals surface area contributed by atoms with Crippen molar-refractivity contribution in [2.75, 3.05) is 19.7 Å². The molecule has 1 aromatic carbocycles. The van der Waals surface area contributed by atoms with Crippen LogP contribution in [0.2, 0.25) is 0 Å². The summed E-state index contributed by atoms with van der Waals surface area (Å²) in [7, 11) is 0. The van der Waals surface area contributed by atoms with E-state index in [1.165, 1.54) is 6.07 Å². The van der Waals surface area contributed by atoms with Crippen molar-refractivity contribution >= 4 is 5.91 Å². The van der Waals surface area contributed by atoms with E-state index in [4.69, 9.17) is 10.5 Å². The lowest BCUT2D eigenvalue weighted by Gasteiger charge is -2.26. The van der Waals surface area contributed by atoms with Gasteiger partial charge in [-0.2, -0.15) is 0 Å². The molecule has 2 N–H and O–H groups in total. The Morgan fingerprint density at radius 2 is 2.11 bits per heavy atom. The highest BCUT2D eigenvalue weighted by Crippen LogP contribution is 2.17. The first kappa shape index (κ1) is 15.4. The monoisotopic (exact) mass is 272 g/mol. The summed E-state index contributed by atoms with van der Waals surface area (Å²) in [5, 5.41) is 0. The van der Waals surface area contributed by atoms with Crippen molar-refractivity contribution in [1.82, 2.24) is 4.90 Å². The Kier molecular flexibility index (Phi) is 5.69. The van der Waals surface area contributed by atoms with Crippen LogP contribution in [0.1, 0.15) is 13.8 Å². The van der Waals surface area contributed by atoms with Crippen LogP contribution in [0, 0.1) is 11.6 Å². The zero-order chi connectivity index (χ0) is 14.4. The Morgan fingerprint density at radius 3 is 2.63 bits per heavy atom. The van der Waals surface area contributed by atoms with Crippen LogP contribution in [0.25, 0.3) is 0 Å². The van der Waals surface area contributed by atoms with E-state index in [1.54, 1.807) is 4.90 Å². The molecule has 1 amide bonds. The Labute approximate surface area is 111 Å². The fourth-order valence-corrected chi connectivity index (χ4v) is 1.63. The number of nitrogens with two attached hydrogens (primary N) is 1. The third-order valence-corrected chi connectivity index (χ3v) is 2.60. The number of ether oxygens (including phenoxy) is 1. The first-order valence-electron chi connectivity index (χ1n) is 6.03. The molecule has 0 aromatic heterocycles. The minimum absolute atomic E-state index is 0.0160. The molecule has 6 heteroatoms. The SMILES string of the molecule is CC(C)N(CCOc1ccc(F)cc1F)C(=O)CN. The maximum absolute atomic E-state index is 13.3. The molecule has 0 saturated heterocycles. The number of amides is 1. The van der Waals surface area contributed by atoms with Gasteiger partial charge in [0, 0.05) is 12.1 Å². The maximum atomic E-state index is 13.3. The van der Waals surface area contributed by atoms with Crippen molar-refractivity contribution in [2.45, 2.75) is 19.9 Å². The second-order valence-corrected chi connectivity index (χ2v) is 4.31. The van der Waals surface area contributed by atoms with E-state index in [0.29, 0.717) is 6.54 Å². The third kappa shape index (κ3) is 4.48. The molecule has 0 aliphatic rings. The average Bonchev–Trinajstić information content (AvgIpc) is 2.35. The standard InChI is InChI=1S/C13H18F2N2O2/c1-9(2)17(13(18)8-16)5-6-19-12-4-3-10(14)7-11(12)15/h3-4,7,9H,5-6,8,16H2,1-2H3. The highest BCUT2D eigenvalue weighted by atomic mass is 19.1. The van der Waals surface area contributed by atoms with Crippen LogP contribution >= 0.6 is 0 Å². The van der Waals surface area contributed by atoms with Crippen LogP contribution in [0.4, 0.5) is 8.78 Å². The summed E-state index contributed by atoms with van der Waals surface area (Å²) in [6.07, 6.45) is 0. The first-order valence-corrected chi connectivity index (χ1v) is 6.03. The van der Waals surface area contributed by atoms with Gasteiger partial charge >= 0.3 is 0 Å². The average molecular weight is 272 g/mol. The van der Waals surface area contributed by atoms with Gasteiger partial charge in [-0.1, -0.05) is 0 Å². The number of carbonyl (C=O) groups is 1. The molecule has 4 nitrogen and oxygen atoms in total. The van der Waals surface area contributed by atoms with Gasteiger partial charge in [-0.3, -0.25) is 4.79 Å². The summed E-state index contributed by atoms with van der Waals surface area (Å²) < 4.78 is 31.2. The van der Waals surface area contributed by atoms with E-state index in [1.807, 2.05) is 13.8 Å². The molecule has 0 fully saturated rings. The Morgan fingerprint density at radius 1 is 1.42 bits per heavy atom. The minimum atomic E-state index is -0.763. The van der Waals surface area contributed by atoms with E-state index in [-0.39, 0.29) is 30.9 Å². The first-order chi connectivity index (χ1) is 8.95. The molecule has 1 rings (SSSR count). The molecule has 19 heavy (non-hydrogen) atoms. The predicted octanol–water partition coefficient (Wildman–Crippen LogP) is 1.54. The Bertz CT molecular complexity index is 439. The largest absolute Gasteiger partial charge is 0.489 e. The third-order valence-electron chi connectivity index (χ3n) is 2.60. The van der Waals surface area contributed by atoms with Crippen LogP contribution in [0.5, 0.6) is 5.75 Å². The number of benzene rings is 1. The topological polar surface area (TPSA) is 55.6 Å². The molecule has 0 heterocycles. The number of nitrogens with zero attached hydrogens (tertiary/aromatic N) is 1. The Balaban J connectivity index is 2.54. The molecule has 0 aliphatic heterocycles. The fourth-order valence-electron chi connectivity index (χ4n) is 1.63. The molecular formula is C13H18F2N2O2. The lowest BCUT2D eigenvalue weighted by molar-refractivity contribution is -0.131. The molecule has 0 atom stereocenters. The normalized spacial score (nSPS) is 10.6. The van der Waals surface area contributed by atoms with Crippen molar-refractivity contribution in [3.63, 3.8) is 0 Å².